The fourth-order valence-electron chi connectivity index (χ4n) is 4.89. The molecule has 3 N–H and O–H groups in total. The Morgan fingerprint density at radius 1 is 1.10 bits per heavy atom. The average molecular weight is 279 g/mol. The Bertz CT molecular complexity index is 357. The monoisotopic (exact) mass is 279 g/mol. The Balaban J connectivity index is 1.37. The van der Waals surface area contributed by atoms with Crippen LogP contribution in [0.1, 0.15) is 44.9 Å². The van der Waals surface area contributed by atoms with Gasteiger partial charge in [-0.15, -0.1) is 0 Å². The van der Waals surface area contributed by atoms with Gasteiger partial charge in [-0.3, -0.25) is 0 Å². The van der Waals surface area contributed by atoms with Gasteiger partial charge in [0, 0.05) is 6.04 Å². The van der Waals surface area contributed by atoms with E-state index in [1.165, 1.54) is 19.3 Å². The van der Waals surface area contributed by atoms with Crippen molar-refractivity contribution in [2.45, 2.75) is 62.8 Å². The number of ether oxygens (including phenoxy) is 1. The second-order valence-corrected chi connectivity index (χ2v) is 7.20. The summed E-state index contributed by atoms with van der Waals surface area (Å²) in [6.45, 7) is 2.00. The van der Waals surface area contributed by atoms with Crippen molar-refractivity contribution in [1.82, 2.24) is 16.0 Å². The zero-order valence-corrected chi connectivity index (χ0v) is 12.0. The molecule has 3 saturated heterocycles. The predicted octanol–water partition coefficient (Wildman–Crippen LogP) is 1.34. The maximum Gasteiger partial charge on any atom is 0.317 e. The van der Waals surface area contributed by atoms with Crippen LogP contribution in [-0.4, -0.2) is 37.0 Å². The highest BCUT2D eigenvalue weighted by molar-refractivity contribution is 5.75. The summed E-state index contributed by atoms with van der Waals surface area (Å²) in [5.74, 6) is 1.53. The van der Waals surface area contributed by atoms with Crippen LogP contribution in [0.25, 0.3) is 0 Å². The van der Waals surface area contributed by atoms with Gasteiger partial charge in [0.2, 0.25) is 0 Å². The maximum absolute atomic E-state index is 12.3. The summed E-state index contributed by atoms with van der Waals surface area (Å²) in [5.41, 5.74) is -0.355. The number of hydrogen-bond acceptors (Lipinski definition) is 3. The van der Waals surface area contributed by atoms with Crippen molar-refractivity contribution in [3.8, 4) is 0 Å². The number of carbonyl (C=O) groups is 1. The van der Waals surface area contributed by atoms with Crippen LogP contribution in [0.5, 0.6) is 0 Å². The van der Waals surface area contributed by atoms with Gasteiger partial charge in [-0.2, -0.15) is 0 Å². The molecule has 112 valence electrons. The number of hydrogen-bond donors (Lipinski definition) is 3. The Kier molecular flexibility index (Phi) is 3.15. The fraction of sp³-hybridized carbons (Fsp3) is 0.933. The van der Waals surface area contributed by atoms with Crippen molar-refractivity contribution in [2.24, 2.45) is 11.8 Å². The van der Waals surface area contributed by atoms with Gasteiger partial charge in [0.15, 0.2) is 0 Å². The van der Waals surface area contributed by atoms with E-state index in [-0.39, 0.29) is 11.8 Å². The van der Waals surface area contributed by atoms with Gasteiger partial charge in [-0.05, 0) is 69.9 Å². The predicted molar refractivity (Wildman–Crippen MR) is 75.2 cm³/mol. The van der Waals surface area contributed by atoms with Crippen molar-refractivity contribution in [3.63, 3.8) is 0 Å². The summed E-state index contributed by atoms with van der Waals surface area (Å²) < 4.78 is 6.19. The standard InChI is InChI=1S/C15H25N3O2/c19-14(17-12-1-3-16-4-2-12)18-15-8-10-5-11(9-15)7-13(6-10)20-15/h10-13,16H,1-9H2,(H2,17,18,19). The molecule has 3 heterocycles. The lowest BCUT2D eigenvalue weighted by atomic mass is 9.65. The Morgan fingerprint density at radius 3 is 2.45 bits per heavy atom. The number of carbonyl (C=O) groups excluding carboxylic acids is 1. The Labute approximate surface area is 120 Å². The minimum absolute atomic E-state index is 0.0288. The third-order valence-electron chi connectivity index (χ3n) is 5.50. The number of rotatable bonds is 2. The summed E-state index contributed by atoms with van der Waals surface area (Å²) in [6.07, 6.45) is 8.22. The van der Waals surface area contributed by atoms with Crippen molar-refractivity contribution < 1.29 is 9.53 Å². The average Bonchev–Trinajstić information content (AvgIpc) is 2.37. The van der Waals surface area contributed by atoms with E-state index in [2.05, 4.69) is 16.0 Å². The molecule has 0 aromatic heterocycles. The second-order valence-electron chi connectivity index (χ2n) is 7.20. The summed E-state index contributed by atoms with van der Waals surface area (Å²) in [6, 6.07) is 0.281. The highest BCUT2D eigenvalue weighted by atomic mass is 16.5. The lowest BCUT2D eigenvalue weighted by molar-refractivity contribution is -0.228. The van der Waals surface area contributed by atoms with Crippen molar-refractivity contribution in [1.29, 1.82) is 0 Å². The molecule has 0 spiro atoms. The largest absolute Gasteiger partial charge is 0.352 e. The summed E-state index contributed by atoms with van der Waals surface area (Å²) in [4.78, 5) is 12.3. The van der Waals surface area contributed by atoms with Crippen LogP contribution < -0.4 is 16.0 Å². The zero-order valence-electron chi connectivity index (χ0n) is 12.0. The fourth-order valence-corrected chi connectivity index (χ4v) is 4.89. The summed E-state index contributed by atoms with van der Waals surface area (Å²) in [5, 5.41) is 9.62. The highest BCUT2D eigenvalue weighted by Crippen LogP contribution is 2.51. The third kappa shape index (κ3) is 2.42. The molecule has 4 bridgehead atoms. The smallest absolute Gasteiger partial charge is 0.317 e. The quantitative estimate of drug-likeness (QED) is 0.715. The molecule has 3 aliphatic heterocycles. The number of piperidine rings is 1. The molecule has 2 aliphatic carbocycles. The van der Waals surface area contributed by atoms with Crippen LogP contribution in [0.4, 0.5) is 4.79 Å². The van der Waals surface area contributed by atoms with Crippen LogP contribution in [0.2, 0.25) is 0 Å². The molecule has 2 unspecified atom stereocenters. The van der Waals surface area contributed by atoms with E-state index >= 15 is 0 Å². The van der Waals surface area contributed by atoms with Gasteiger partial charge >= 0.3 is 6.03 Å². The molecular weight excluding hydrogens is 254 g/mol. The molecule has 5 fully saturated rings. The maximum atomic E-state index is 12.3. The molecule has 2 saturated carbocycles. The number of nitrogens with one attached hydrogen (secondary N) is 3. The summed E-state index contributed by atoms with van der Waals surface area (Å²) in [7, 11) is 0. The van der Waals surface area contributed by atoms with Gasteiger partial charge in [0.25, 0.3) is 0 Å². The van der Waals surface area contributed by atoms with Crippen molar-refractivity contribution in [3.05, 3.63) is 0 Å². The lowest BCUT2D eigenvalue weighted by Crippen LogP contribution is -2.65. The van der Waals surface area contributed by atoms with Crippen LogP contribution in [0.15, 0.2) is 0 Å². The van der Waals surface area contributed by atoms with E-state index in [0.29, 0.717) is 12.1 Å². The molecular formula is C15H25N3O2. The van der Waals surface area contributed by atoms with Crippen LogP contribution in [0.3, 0.4) is 0 Å². The molecule has 5 heteroatoms. The third-order valence-corrected chi connectivity index (χ3v) is 5.50. The first-order chi connectivity index (χ1) is 9.71. The van der Waals surface area contributed by atoms with Crippen LogP contribution in [-0.2, 0) is 4.74 Å². The topological polar surface area (TPSA) is 62.4 Å². The van der Waals surface area contributed by atoms with Crippen molar-refractivity contribution >= 4 is 6.03 Å². The molecule has 0 radical (unpaired) electrons. The van der Waals surface area contributed by atoms with Crippen molar-refractivity contribution in [2.75, 3.05) is 13.1 Å². The molecule has 2 amide bonds. The minimum atomic E-state index is -0.355. The second kappa shape index (κ2) is 4.88. The van der Waals surface area contributed by atoms with E-state index < -0.39 is 0 Å². The molecule has 5 rings (SSSR count). The number of urea groups is 1. The van der Waals surface area contributed by atoms with E-state index in [4.69, 9.17) is 4.74 Å². The normalized spacial score (nSPS) is 43.5. The Hall–Kier alpha value is -0.810. The van der Waals surface area contributed by atoms with Gasteiger partial charge in [-0.25, -0.2) is 4.79 Å². The molecule has 2 atom stereocenters. The van der Waals surface area contributed by atoms with Gasteiger partial charge in [0.1, 0.15) is 5.72 Å². The van der Waals surface area contributed by atoms with Gasteiger partial charge in [0.05, 0.1) is 6.10 Å². The molecule has 5 aliphatic rings. The molecule has 20 heavy (non-hydrogen) atoms. The molecule has 5 nitrogen and oxygen atoms in total. The number of amides is 2. The molecule has 0 aromatic carbocycles. The van der Waals surface area contributed by atoms with Crippen LogP contribution >= 0.6 is 0 Å². The Morgan fingerprint density at radius 2 is 1.80 bits per heavy atom. The molecule has 0 aromatic rings. The van der Waals surface area contributed by atoms with E-state index in [1.807, 2.05) is 0 Å². The first-order valence-corrected chi connectivity index (χ1v) is 8.18. The van der Waals surface area contributed by atoms with E-state index in [1.54, 1.807) is 0 Å². The first-order valence-electron chi connectivity index (χ1n) is 8.18. The van der Waals surface area contributed by atoms with Crippen LogP contribution in [0, 0.1) is 11.8 Å². The highest BCUT2D eigenvalue weighted by Gasteiger charge is 2.52. The zero-order chi connectivity index (χ0) is 13.6. The minimum Gasteiger partial charge on any atom is -0.352 e. The SMILES string of the molecule is O=C(NC1CCNCC1)NC12CC3CC(CC(C3)O1)C2. The lowest BCUT2D eigenvalue weighted by Gasteiger charge is -2.56. The van der Waals surface area contributed by atoms with E-state index in [0.717, 1.165) is 50.6 Å². The summed E-state index contributed by atoms with van der Waals surface area (Å²) >= 11 is 0. The first kappa shape index (κ1) is 12.9. The van der Waals surface area contributed by atoms with Gasteiger partial charge < -0.3 is 20.7 Å². The van der Waals surface area contributed by atoms with E-state index in [9.17, 15) is 4.79 Å². The van der Waals surface area contributed by atoms with Gasteiger partial charge in [-0.1, -0.05) is 0 Å².